The molecule has 6 heteroatoms. The molecule has 0 spiro atoms. The van der Waals surface area contributed by atoms with Crippen LogP contribution in [0.4, 0.5) is 0 Å². The van der Waals surface area contributed by atoms with Crippen molar-refractivity contribution < 1.29 is 17.9 Å². The molecule has 2 unspecified atom stereocenters. The number of oxazole rings is 1. The predicted molar refractivity (Wildman–Crippen MR) is 57.6 cm³/mol. The summed E-state index contributed by atoms with van der Waals surface area (Å²) in [5, 5.41) is 8.59. The van der Waals surface area contributed by atoms with Crippen molar-refractivity contribution in [3.63, 3.8) is 0 Å². The van der Waals surface area contributed by atoms with E-state index in [1.807, 2.05) is 0 Å². The second-order valence-corrected chi connectivity index (χ2v) is 6.52. The summed E-state index contributed by atoms with van der Waals surface area (Å²) in [5.41, 5.74) is 0. The van der Waals surface area contributed by atoms with Gasteiger partial charge in [-0.25, -0.2) is 13.4 Å². The molecule has 0 amide bonds. The smallest absolute Gasteiger partial charge is 0.212 e. The lowest BCUT2D eigenvalue weighted by Gasteiger charge is -2.03. The van der Waals surface area contributed by atoms with Gasteiger partial charge in [0, 0.05) is 6.42 Å². The van der Waals surface area contributed by atoms with Crippen LogP contribution >= 0.6 is 0 Å². The van der Waals surface area contributed by atoms with Crippen molar-refractivity contribution in [2.45, 2.75) is 37.5 Å². The van der Waals surface area contributed by atoms with E-state index in [-0.39, 0.29) is 11.6 Å². The zero-order valence-electron chi connectivity index (χ0n) is 9.09. The first-order chi connectivity index (χ1) is 7.49. The van der Waals surface area contributed by atoms with Gasteiger partial charge in [0.05, 0.1) is 18.1 Å². The minimum absolute atomic E-state index is 0.214. The molecule has 1 fully saturated rings. The Morgan fingerprint density at radius 1 is 1.69 bits per heavy atom. The van der Waals surface area contributed by atoms with Gasteiger partial charge in [-0.2, -0.15) is 0 Å². The summed E-state index contributed by atoms with van der Waals surface area (Å²) in [6.45, 7) is 1.65. The van der Waals surface area contributed by atoms with Crippen molar-refractivity contribution in [2.24, 2.45) is 0 Å². The second-order valence-electron chi connectivity index (χ2n) is 4.22. The first kappa shape index (κ1) is 11.6. The topological polar surface area (TPSA) is 80.4 Å². The van der Waals surface area contributed by atoms with Crippen molar-refractivity contribution in [3.8, 4) is 0 Å². The maximum atomic E-state index is 11.6. The third-order valence-corrected chi connectivity index (χ3v) is 4.83. The lowest BCUT2D eigenvalue weighted by Crippen LogP contribution is -2.08. The van der Waals surface area contributed by atoms with Crippen molar-refractivity contribution >= 4 is 9.84 Å². The number of nitrogens with zero attached hydrogens (tertiary/aromatic N) is 1. The Bertz CT molecular complexity index is 463. The summed E-state index contributed by atoms with van der Waals surface area (Å²) in [5.74, 6) is 1.02. The zero-order chi connectivity index (χ0) is 11.8. The minimum Gasteiger partial charge on any atom is -0.444 e. The molecule has 1 saturated heterocycles. The Morgan fingerprint density at radius 3 is 3.00 bits per heavy atom. The van der Waals surface area contributed by atoms with Crippen molar-refractivity contribution in [1.82, 2.24) is 4.98 Å². The summed E-state index contributed by atoms with van der Waals surface area (Å²) in [7, 11) is -3.07. The van der Waals surface area contributed by atoms with E-state index in [2.05, 4.69) is 4.98 Å². The molecule has 2 atom stereocenters. The van der Waals surface area contributed by atoms with E-state index in [0.717, 1.165) is 0 Å². The molecule has 1 aromatic rings. The monoisotopic (exact) mass is 245 g/mol. The molecule has 0 aliphatic carbocycles. The normalized spacial score (nSPS) is 25.8. The highest BCUT2D eigenvalue weighted by Gasteiger charge is 2.36. The van der Waals surface area contributed by atoms with Gasteiger partial charge in [0.15, 0.2) is 9.84 Å². The molecule has 16 heavy (non-hydrogen) atoms. The number of hydrogen-bond donors (Lipinski definition) is 1. The zero-order valence-corrected chi connectivity index (χ0v) is 9.90. The van der Waals surface area contributed by atoms with E-state index in [1.165, 1.54) is 6.20 Å². The average Bonchev–Trinajstić information content (AvgIpc) is 2.70. The van der Waals surface area contributed by atoms with E-state index >= 15 is 0 Å². The minimum atomic E-state index is -3.07. The van der Waals surface area contributed by atoms with Crippen molar-refractivity contribution in [2.75, 3.05) is 5.75 Å². The molecule has 0 bridgehead atoms. The molecule has 0 saturated carbocycles. The van der Waals surface area contributed by atoms with Crippen molar-refractivity contribution in [3.05, 3.63) is 17.8 Å². The van der Waals surface area contributed by atoms with Gasteiger partial charge >= 0.3 is 0 Å². The third-order valence-electron chi connectivity index (χ3n) is 2.67. The SMILES string of the molecule is CC(O)Cc1cnc(C2CCCS2(=O)=O)o1. The van der Waals surface area contributed by atoms with Crippen LogP contribution in [-0.2, 0) is 16.3 Å². The fourth-order valence-electron chi connectivity index (χ4n) is 1.93. The van der Waals surface area contributed by atoms with Gasteiger partial charge in [0.25, 0.3) is 0 Å². The van der Waals surface area contributed by atoms with Crippen LogP contribution in [0.5, 0.6) is 0 Å². The van der Waals surface area contributed by atoms with Gasteiger partial charge in [-0.05, 0) is 19.8 Å². The summed E-state index contributed by atoms with van der Waals surface area (Å²) >= 11 is 0. The van der Waals surface area contributed by atoms with Gasteiger partial charge in [0.1, 0.15) is 11.0 Å². The standard InChI is InChI=1S/C10H15NO4S/c1-7(12)5-8-6-11-10(15-8)9-3-2-4-16(9,13)14/h6-7,9,12H,2-5H2,1H3. The highest BCUT2D eigenvalue weighted by Crippen LogP contribution is 2.34. The Hall–Kier alpha value is -0.880. The molecule has 5 nitrogen and oxygen atoms in total. The first-order valence-corrected chi connectivity index (χ1v) is 7.05. The Labute approximate surface area is 94.4 Å². The Morgan fingerprint density at radius 2 is 2.44 bits per heavy atom. The molecule has 1 N–H and O–H groups in total. The van der Waals surface area contributed by atoms with Crippen LogP contribution in [-0.4, -0.2) is 30.4 Å². The number of aliphatic hydroxyl groups excluding tert-OH is 1. The van der Waals surface area contributed by atoms with Crippen LogP contribution in [0.3, 0.4) is 0 Å². The molecule has 2 heterocycles. The lowest BCUT2D eigenvalue weighted by molar-refractivity contribution is 0.186. The first-order valence-electron chi connectivity index (χ1n) is 5.33. The third kappa shape index (κ3) is 2.27. The number of aliphatic hydroxyl groups is 1. The van der Waals surface area contributed by atoms with E-state index in [1.54, 1.807) is 6.92 Å². The predicted octanol–water partition coefficient (Wildman–Crippen LogP) is 0.848. The summed E-state index contributed by atoms with van der Waals surface area (Å²) < 4.78 is 28.7. The number of rotatable bonds is 3. The summed E-state index contributed by atoms with van der Waals surface area (Å²) in [4.78, 5) is 3.99. The summed E-state index contributed by atoms with van der Waals surface area (Å²) in [6.07, 6.45) is 2.59. The molecule has 1 aliphatic rings. The highest BCUT2D eigenvalue weighted by atomic mass is 32.2. The van der Waals surface area contributed by atoms with Crippen LogP contribution in [0, 0.1) is 0 Å². The molecule has 0 aromatic carbocycles. The van der Waals surface area contributed by atoms with E-state index in [0.29, 0.717) is 25.0 Å². The van der Waals surface area contributed by atoms with E-state index < -0.39 is 21.2 Å². The maximum absolute atomic E-state index is 11.6. The molecular formula is C10H15NO4S. The maximum Gasteiger partial charge on any atom is 0.212 e. The molecule has 2 rings (SSSR count). The van der Waals surface area contributed by atoms with Crippen LogP contribution in [0.15, 0.2) is 10.6 Å². The van der Waals surface area contributed by atoms with Crippen LogP contribution < -0.4 is 0 Å². The van der Waals surface area contributed by atoms with Gasteiger partial charge < -0.3 is 9.52 Å². The van der Waals surface area contributed by atoms with Crippen LogP contribution in [0.2, 0.25) is 0 Å². The molecule has 90 valence electrons. The van der Waals surface area contributed by atoms with E-state index in [4.69, 9.17) is 4.42 Å². The van der Waals surface area contributed by atoms with E-state index in [9.17, 15) is 13.5 Å². The Kier molecular flexibility index (Phi) is 3.03. The largest absolute Gasteiger partial charge is 0.444 e. The molecule has 1 aromatic heterocycles. The van der Waals surface area contributed by atoms with Gasteiger partial charge in [-0.1, -0.05) is 0 Å². The average molecular weight is 245 g/mol. The van der Waals surface area contributed by atoms with Gasteiger partial charge in [-0.3, -0.25) is 0 Å². The van der Waals surface area contributed by atoms with Crippen LogP contribution in [0.1, 0.15) is 36.7 Å². The molecule has 1 aliphatic heterocycles. The number of hydrogen-bond acceptors (Lipinski definition) is 5. The quantitative estimate of drug-likeness (QED) is 0.853. The van der Waals surface area contributed by atoms with Crippen LogP contribution in [0.25, 0.3) is 0 Å². The van der Waals surface area contributed by atoms with Crippen molar-refractivity contribution in [1.29, 1.82) is 0 Å². The number of sulfone groups is 1. The molecule has 0 radical (unpaired) electrons. The lowest BCUT2D eigenvalue weighted by atomic mass is 10.2. The second kappa shape index (κ2) is 4.18. The fourth-order valence-corrected chi connectivity index (χ4v) is 3.72. The number of aromatic nitrogens is 1. The Balaban J connectivity index is 2.19. The molecular weight excluding hydrogens is 230 g/mol. The van der Waals surface area contributed by atoms with Gasteiger partial charge in [-0.15, -0.1) is 0 Å². The van der Waals surface area contributed by atoms with Gasteiger partial charge in [0.2, 0.25) is 5.89 Å². The fraction of sp³-hybridized carbons (Fsp3) is 0.700. The summed E-state index contributed by atoms with van der Waals surface area (Å²) in [6, 6.07) is 0. The highest BCUT2D eigenvalue weighted by molar-refractivity contribution is 7.91.